The monoisotopic (exact) mass is 387 g/mol. The number of nitrogens with zero attached hydrogens (tertiary/aromatic N) is 1. The first kappa shape index (κ1) is 20.3. The Kier molecular flexibility index (Phi) is 6.84. The number of amides is 1. The summed E-state index contributed by atoms with van der Waals surface area (Å²) in [6.07, 6.45) is 0. The van der Waals surface area contributed by atoms with Crippen LogP contribution in [0.2, 0.25) is 0 Å². The molecule has 0 bridgehead atoms. The van der Waals surface area contributed by atoms with Crippen LogP contribution in [0.1, 0.15) is 30.9 Å². The van der Waals surface area contributed by atoms with E-state index in [9.17, 15) is 14.9 Å². The lowest BCUT2D eigenvalue weighted by atomic mass is 10.0. The van der Waals surface area contributed by atoms with Crippen molar-refractivity contribution in [2.45, 2.75) is 26.7 Å². The maximum atomic E-state index is 12.1. The third-order valence-electron chi connectivity index (χ3n) is 3.75. The smallest absolute Gasteiger partial charge is 0.292 e. The number of carbonyl (C=O) groups is 1. The standard InChI is InChI=1S/C19H21N3O4S/c1-12(2)14-6-4-5-7-17(14)26-11-18(23)21-19(27)20-15-9-8-13(3)10-16(15)22(24)25/h4-10,12H,11H2,1-3H3,(H2,20,21,23,27). The maximum Gasteiger partial charge on any atom is 0.292 e. The van der Waals surface area contributed by atoms with E-state index in [2.05, 4.69) is 10.6 Å². The second-order valence-electron chi connectivity index (χ2n) is 6.26. The van der Waals surface area contributed by atoms with Crippen molar-refractivity contribution in [1.82, 2.24) is 5.32 Å². The van der Waals surface area contributed by atoms with Crippen LogP contribution in [-0.2, 0) is 4.79 Å². The molecule has 0 aliphatic rings. The minimum Gasteiger partial charge on any atom is -0.483 e. The quantitative estimate of drug-likeness (QED) is 0.443. The van der Waals surface area contributed by atoms with Gasteiger partial charge in [0.25, 0.3) is 11.6 Å². The second kappa shape index (κ2) is 9.09. The number of carbonyl (C=O) groups excluding carboxylic acids is 1. The van der Waals surface area contributed by atoms with Gasteiger partial charge in [-0.2, -0.15) is 0 Å². The van der Waals surface area contributed by atoms with E-state index < -0.39 is 10.8 Å². The molecule has 0 saturated heterocycles. The van der Waals surface area contributed by atoms with Gasteiger partial charge in [0.2, 0.25) is 0 Å². The molecule has 0 spiro atoms. The molecule has 2 rings (SSSR count). The molecule has 0 saturated carbocycles. The Balaban J connectivity index is 1.95. The van der Waals surface area contributed by atoms with E-state index in [1.165, 1.54) is 6.07 Å². The van der Waals surface area contributed by atoms with Crippen LogP contribution < -0.4 is 15.4 Å². The fraction of sp³-hybridized carbons (Fsp3) is 0.263. The Labute approximate surface area is 162 Å². The van der Waals surface area contributed by atoms with Crippen LogP contribution in [0.4, 0.5) is 11.4 Å². The summed E-state index contributed by atoms with van der Waals surface area (Å²) in [5.41, 5.74) is 1.84. The van der Waals surface area contributed by atoms with E-state index in [-0.39, 0.29) is 29.0 Å². The summed E-state index contributed by atoms with van der Waals surface area (Å²) < 4.78 is 5.58. The number of benzene rings is 2. The Morgan fingerprint density at radius 1 is 1.26 bits per heavy atom. The molecule has 0 heterocycles. The van der Waals surface area contributed by atoms with Gasteiger partial charge in [0.05, 0.1) is 4.92 Å². The van der Waals surface area contributed by atoms with E-state index >= 15 is 0 Å². The highest BCUT2D eigenvalue weighted by Crippen LogP contribution is 2.26. The Bertz CT molecular complexity index is 868. The first-order chi connectivity index (χ1) is 12.8. The van der Waals surface area contributed by atoms with Crippen LogP contribution in [0.15, 0.2) is 42.5 Å². The lowest BCUT2D eigenvalue weighted by Crippen LogP contribution is -2.37. The number of para-hydroxylation sites is 1. The molecular weight excluding hydrogens is 366 g/mol. The summed E-state index contributed by atoms with van der Waals surface area (Å²) >= 11 is 5.07. The number of anilines is 1. The van der Waals surface area contributed by atoms with Crippen molar-refractivity contribution < 1.29 is 14.5 Å². The van der Waals surface area contributed by atoms with Crippen LogP contribution in [0.25, 0.3) is 0 Å². The summed E-state index contributed by atoms with van der Waals surface area (Å²) in [4.78, 5) is 22.7. The van der Waals surface area contributed by atoms with Gasteiger partial charge in [0.15, 0.2) is 11.7 Å². The zero-order valence-corrected chi connectivity index (χ0v) is 16.1. The molecule has 0 fully saturated rings. The number of nitrogens with one attached hydrogen (secondary N) is 2. The fourth-order valence-corrected chi connectivity index (χ4v) is 2.67. The summed E-state index contributed by atoms with van der Waals surface area (Å²) in [6, 6.07) is 12.2. The summed E-state index contributed by atoms with van der Waals surface area (Å²) in [6.45, 7) is 5.61. The summed E-state index contributed by atoms with van der Waals surface area (Å²) in [5.74, 6) is 0.436. The SMILES string of the molecule is Cc1ccc(NC(=S)NC(=O)COc2ccccc2C(C)C)c([N+](=O)[O-])c1. The van der Waals surface area contributed by atoms with Crippen molar-refractivity contribution in [2.75, 3.05) is 11.9 Å². The van der Waals surface area contributed by atoms with Crippen LogP contribution in [-0.4, -0.2) is 22.5 Å². The Morgan fingerprint density at radius 3 is 2.63 bits per heavy atom. The van der Waals surface area contributed by atoms with Gasteiger partial charge in [-0.05, 0) is 48.3 Å². The molecule has 0 aliphatic carbocycles. The van der Waals surface area contributed by atoms with Crippen molar-refractivity contribution in [2.24, 2.45) is 0 Å². The number of nitro benzene ring substituents is 1. The molecule has 0 aliphatic heterocycles. The highest BCUT2D eigenvalue weighted by Gasteiger charge is 2.16. The zero-order chi connectivity index (χ0) is 20.0. The lowest BCUT2D eigenvalue weighted by Gasteiger charge is -2.14. The number of rotatable bonds is 6. The van der Waals surface area contributed by atoms with Gasteiger partial charge in [-0.1, -0.05) is 38.1 Å². The third-order valence-corrected chi connectivity index (χ3v) is 3.95. The lowest BCUT2D eigenvalue weighted by molar-refractivity contribution is -0.383. The third kappa shape index (κ3) is 5.75. The summed E-state index contributed by atoms with van der Waals surface area (Å²) in [5, 5.41) is 16.2. The van der Waals surface area contributed by atoms with Gasteiger partial charge in [-0.3, -0.25) is 20.2 Å². The van der Waals surface area contributed by atoms with E-state index in [4.69, 9.17) is 17.0 Å². The molecule has 8 heteroatoms. The number of thiocarbonyl (C=S) groups is 1. The van der Waals surface area contributed by atoms with Crippen molar-refractivity contribution in [3.05, 3.63) is 63.7 Å². The number of nitro groups is 1. The average molecular weight is 387 g/mol. The molecule has 0 radical (unpaired) electrons. The van der Waals surface area contributed by atoms with E-state index in [1.807, 2.05) is 32.0 Å². The van der Waals surface area contributed by atoms with Gasteiger partial charge in [-0.15, -0.1) is 0 Å². The molecule has 2 aromatic carbocycles. The van der Waals surface area contributed by atoms with Crippen molar-refractivity contribution >= 4 is 34.6 Å². The van der Waals surface area contributed by atoms with Gasteiger partial charge in [-0.25, -0.2) is 0 Å². The van der Waals surface area contributed by atoms with E-state index in [0.29, 0.717) is 5.75 Å². The molecule has 0 unspecified atom stereocenters. The van der Waals surface area contributed by atoms with Crippen LogP contribution in [0, 0.1) is 17.0 Å². The molecule has 142 valence electrons. The van der Waals surface area contributed by atoms with Crippen LogP contribution >= 0.6 is 12.2 Å². The molecule has 2 N–H and O–H groups in total. The zero-order valence-electron chi connectivity index (χ0n) is 15.3. The second-order valence-corrected chi connectivity index (χ2v) is 6.67. The van der Waals surface area contributed by atoms with Gasteiger partial charge >= 0.3 is 0 Å². The average Bonchev–Trinajstić information content (AvgIpc) is 2.61. The molecule has 7 nitrogen and oxygen atoms in total. The van der Waals surface area contributed by atoms with E-state index in [0.717, 1.165) is 11.1 Å². The minimum atomic E-state index is -0.508. The number of ether oxygens (including phenoxy) is 1. The van der Waals surface area contributed by atoms with Gasteiger partial charge in [0, 0.05) is 6.07 Å². The highest BCUT2D eigenvalue weighted by atomic mass is 32.1. The van der Waals surface area contributed by atoms with E-state index in [1.54, 1.807) is 25.1 Å². The van der Waals surface area contributed by atoms with Gasteiger partial charge < -0.3 is 10.1 Å². The first-order valence-electron chi connectivity index (χ1n) is 8.35. The number of hydrogen-bond donors (Lipinski definition) is 2. The minimum absolute atomic E-state index is 0.0345. The number of aryl methyl sites for hydroxylation is 1. The normalized spacial score (nSPS) is 10.4. The number of hydrogen-bond acceptors (Lipinski definition) is 5. The van der Waals surface area contributed by atoms with Crippen molar-refractivity contribution in [1.29, 1.82) is 0 Å². The Hall–Kier alpha value is -3.00. The predicted octanol–water partition coefficient (Wildman–Crippen LogP) is 3.92. The molecular formula is C19H21N3O4S. The fourth-order valence-electron chi connectivity index (χ4n) is 2.45. The first-order valence-corrected chi connectivity index (χ1v) is 8.76. The van der Waals surface area contributed by atoms with Crippen LogP contribution in [0.5, 0.6) is 5.75 Å². The molecule has 27 heavy (non-hydrogen) atoms. The largest absolute Gasteiger partial charge is 0.483 e. The van der Waals surface area contributed by atoms with Crippen LogP contribution in [0.3, 0.4) is 0 Å². The van der Waals surface area contributed by atoms with Crippen molar-refractivity contribution in [3.63, 3.8) is 0 Å². The predicted molar refractivity (Wildman–Crippen MR) is 108 cm³/mol. The molecule has 0 aromatic heterocycles. The highest BCUT2D eigenvalue weighted by molar-refractivity contribution is 7.80. The molecule has 2 aromatic rings. The maximum absolute atomic E-state index is 12.1. The topological polar surface area (TPSA) is 93.5 Å². The van der Waals surface area contributed by atoms with Crippen molar-refractivity contribution in [3.8, 4) is 5.75 Å². The summed E-state index contributed by atoms with van der Waals surface area (Å²) in [7, 11) is 0. The molecule has 1 amide bonds. The van der Waals surface area contributed by atoms with Gasteiger partial charge in [0.1, 0.15) is 11.4 Å². The molecule has 0 atom stereocenters. The Morgan fingerprint density at radius 2 is 1.96 bits per heavy atom.